The molecule has 0 aliphatic heterocycles. The van der Waals surface area contributed by atoms with Crippen molar-refractivity contribution in [2.75, 3.05) is 0 Å². The van der Waals surface area contributed by atoms with Crippen LogP contribution in [0.25, 0.3) is 11.1 Å². The predicted molar refractivity (Wildman–Crippen MR) is 66.2 cm³/mol. The highest BCUT2D eigenvalue weighted by Gasteiger charge is 2.07. The molecule has 0 fully saturated rings. The first-order valence-electron chi connectivity index (χ1n) is 5.22. The average Bonchev–Trinajstić information content (AvgIpc) is 2.43. The van der Waals surface area contributed by atoms with Gasteiger partial charge >= 0.3 is 0 Å². The zero-order chi connectivity index (χ0) is 12.4. The van der Waals surface area contributed by atoms with Crippen LogP contribution in [0.15, 0.2) is 47.3 Å². The highest BCUT2D eigenvalue weighted by Crippen LogP contribution is 2.25. The molecule has 0 spiro atoms. The molecule has 0 saturated heterocycles. The van der Waals surface area contributed by atoms with Crippen LogP contribution in [0.1, 0.15) is 5.56 Å². The lowest BCUT2D eigenvalue weighted by Gasteiger charge is -2.01. The van der Waals surface area contributed by atoms with Crippen molar-refractivity contribution in [2.45, 2.75) is 6.92 Å². The predicted octanol–water partition coefficient (Wildman–Crippen LogP) is 2.43. The molecule has 0 amide bonds. The summed E-state index contributed by atoms with van der Waals surface area (Å²) < 4.78 is 0. The third-order valence-electron chi connectivity index (χ3n) is 2.61. The third kappa shape index (κ3) is 2.13. The molecule has 0 aliphatic carbocycles. The van der Waals surface area contributed by atoms with Crippen LogP contribution >= 0.6 is 0 Å². The van der Waals surface area contributed by atoms with Crippen LogP contribution in [0, 0.1) is 6.92 Å². The number of benzene rings is 1. The number of aryl methyl sites for hydroxylation is 1. The van der Waals surface area contributed by atoms with Gasteiger partial charge in [-0.1, -0.05) is 30.3 Å². The zero-order valence-corrected chi connectivity index (χ0v) is 9.34. The Balaban J connectivity index is 2.77. The topological polar surface area (TPSA) is 57.5 Å². The van der Waals surface area contributed by atoms with E-state index in [4.69, 9.17) is 0 Å². The highest BCUT2D eigenvalue weighted by molar-refractivity contribution is 5.68. The molecule has 2 N–H and O–H groups in total. The maximum Gasteiger partial charge on any atom is 0.261 e. The molecule has 2 aromatic carbocycles. The molecule has 0 atom stereocenters. The lowest BCUT2D eigenvalue weighted by Crippen LogP contribution is -1.94. The van der Waals surface area contributed by atoms with Gasteiger partial charge in [0.1, 0.15) is 0 Å². The van der Waals surface area contributed by atoms with E-state index in [0.29, 0.717) is 0 Å². The fourth-order valence-corrected chi connectivity index (χ4v) is 1.72. The van der Waals surface area contributed by atoms with E-state index in [2.05, 4.69) is 0 Å². The molecule has 2 rings (SSSR count). The molecule has 0 unspecified atom stereocenters. The van der Waals surface area contributed by atoms with Gasteiger partial charge in [-0.25, -0.2) is 0 Å². The summed E-state index contributed by atoms with van der Waals surface area (Å²) in [6.45, 7) is 1.78. The summed E-state index contributed by atoms with van der Waals surface area (Å²) in [7, 11) is 0. The quantitative estimate of drug-likeness (QED) is 0.788. The molecule has 0 aliphatic rings. The molecule has 0 bridgehead atoms. The standard InChI is InChI=1S/C14H12O3/c1-9-7-12(15)14(17)13(16)8-11(9)10-5-3-2-4-6-10/h2-8H,1H3,(H2,15,16,17). The number of hydrogen-bond donors (Lipinski definition) is 2. The first-order valence-corrected chi connectivity index (χ1v) is 5.22. The van der Waals surface area contributed by atoms with E-state index in [-0.39, 0.29) is 0 Å². The van der Waals surface area contributed by atoms with E-state index in [9.17, 15) is 15.0 Å². The van der Waals surface area contributed by atoms with Crippen molar-refractivity contribution < 1.29 is 10.2 Å². The molecule has 86 valence electrons. The van der Waals surface area contributed by atoms with Crippen molar-refractivity contribution in [1.82, 2.24) is 0 Å². The van der Waals surface area contributed by atoms with Crippen molar-refractivity contribution in [1.29, 1.82) is 0 Å². The summed E-state index contributed by atoms with van der Waals surface area (Å²) in [4.78, 5) is 11.4. The van der Waals surface area contributed by atoms with Crippen molar-refractivity contribution in [3.63, 3.8) is 0 Å². The Morgan fingerprint density at radius 3 is 2.18 bits per heavy atom. The van der Waals surface area contributed by atoms with Crippen LogP contribution in [0.4, 0.5) is 0 Å². The summed E-state index contributed by atoms with van der Waals surface area (Å²) in [6, 6.07) is 12.1. The third-order valence-corrected chi connectivity index (χ3v) is 2.61. The molecular weight excluding hydrogens is 216 g/mol. The number of aromatic hydroxyl groups is 2. The lowest BCUT2D eigenvalue weighted by atomic mass is 10.0. The smallest absolute Gasteiger partial charge is 0.261 e. The Labute approximate surface area is 98.6 Å². The minimum Gasteiger partial charge on any atom is -0.504 e. The fraction of sp³-hybridized carbons (Fsp3) is 0.0714. The van der Waals surface area contributed by atoms with E-state index in [1.54, 1.807) is 6.92 Å². The van der Waals surface area contributed by atoms with Gasteiger partial charge in [-0.05, 0) is 35.7 Å². The van der Waals surface area contributed by atoms with Crippen LogP contribution in [0.2, 0.25) is 0 Å². The van der Waals surface area contributed by atoms with E-state index < -0.39 is 16.9 Å². The van der Waals surface area contributed by atoms with E-state index >= 15 is 0 Å². The normalized spacial score (nSPS) is 10.2. The average molecular weight is 228 g/mol. The first-order chi connectivity index (χ1) is 8.09. The van der Waals surface area contributed by atoms with Gasteiger partial charge in [-0.15, -0.1) is 0 Å². The van der Waals surface area contributed by atoms with Gasteiger partial charge < -0.3 is 10.2 Å². The molecule has 0 aromatic heterocycles. The number of hydrogen-bond acceptors (Lipinski definition) is 3. The Hall–Kier alpha value is -2.29. The van der Waals surface area contributed by atoms with Gasteiger partial charge in [-0.3, -0.25) is 4.79 Å². The lowest BCUT2D eigenvalue weighted by molar-refractivity contribution is 0.445. The van der Waals surface area contributed by atoms with Crippen molar-refractivity contribution in [3.8, 4) is 22.6 Å². The van der Waals surface area contributed by atoms with E-state index in [1.165, 1.54) is 12.1 Å². The molecule has 0 heterocycles. The van der Waals surface area contributed by atoms with E-state index in [0.717, 1.165) is 16.7 Å². The first kappa shape index (κ1) is 11.2. The molecular formula is C14H12O3. The summed E-state index contributed by atoms with van der Waals surface area (Å²) in [6.07, 6.45) is 0. The minimum absolute atomic E-state index is 0.442. The zero-order valence-electron chi connectivity index (χ0n) is 9.34. The molecule has 3 nitrogen and oxygen atoms in total. The van der Waals surface area contributed by atoms with Crippen LogP contribution in [0.5, 0.6) is 11.5 Å². The van der Waals surface area contributed by atoms with Gasteiger partial charge in [0.15, 0.2) is 11.5 Å². The summed E-state index contributed by atoms with van der Waals surface area (Å²) in [5, 5.41) is 19.0. The Kier molecular flexibility index (Phi) is 2.83. The molecule has 3 heteroatoms. The minimum atomic E-state index is -0.754. The van der Waals surface area contributed by atoms with Crippen molar-refractivity contribution >= 4 is 0 Å². The maximum absolute atomic E-state index is 11.4. The highest BCUT2D eigenvalue weighted by atomic mass is 16.3. The van der Waals surface area contributed by atoms with Gasteiger partial charge in [0.25, 0.3) is 5.43 Å². The Morgan fingerprint density at radius 2 is 1.53 bits per heavy atom. The van der Waals surface area contributed by atoms with Crippen molar-refractivity contribution in [3.05, 3.63) is 58.3 Å². The maximum atomic E-state index is 11.4. The Morgan fingerprint density at radius 1 is 0.941 bits per heavy atom. The van der Waals surface area contributed by atoms with Gasteiger partial charge in [0, 0.05) is 0 Å². The number of rotatable bonds is 1. The molecule has 0 radical (unpaired) electrons. The van der Waals surface area contributed by atoms with Gasteiger partial charge in [-0.2, -0.15) is 0 Å². The summed E-state index contributed by atoms with van der Waals surface area (Å²) in [5.41, 5.74) is 1.58. The van der Waals surface area contributed by atoms with Gasteiger partial charge in [0.2, 0.25) is 0 Å². The second kappa shape index (κ2) is 4.29. The largest absolute Gasteiger partial charge is 0.504 e. The monoisotopic (exact) mass is 228 g/mol. The Bertz CT molecular complexity index is 604. The van der Waals surface area contributed by atoms with Crippen molar-refractivity contribution in [2.24, 2.45) is 0 Å². The summed E-state index contributed by atoms with van der Waals surface area (Å²) in [5.74, 6) is -0.892. The second-order valence-corrected chi connectivity index (χ2v) is 3.85. The SMILES string of the molecule is Cc1cc(O)c(=O)c(O)cc1-c1ccccc1. The summed E-state index contributed by atoms with van der Waals surface area (Å²) >= 11 is 0. The van der Waals surface area contributed by atoms with Crippen LogP contribution in [0.3, 0.4) is 0 Å². The van der Waals surface area contributed by atoms with Crippen LogP contribution in [-0.4, -0.2) is 10.2 Å². The fourth-order valence-electron chi connectivity index (χ4n) is 1.72. The second-order valence-electron chi connectivity index (χ2n) is 3.85. The van der Waals surface area contributed by atoms with Gasteiger partial charge in [0.05, 0.1) is 0 Å². The van der Waals surface area contributed by atoms with Crippen LogP contribution < -0.4 is 5.43 Å². The van der Waals surface area contributed by atoms with E-state index in [1.807, 2.05) is 30.3 Å². The van der Waals surface area contributed by atoms with Crippen LogP contribution in [-0.2, 0) is 0 Å². The molecule has 2 aromatic rings. The molecule has 17 heavy (non-hydrogen) atoms. The molecule has 0 saturated carbocycles.